The van der Waals surface area contributed by atoms with E-state index in [1.807, 2.05) is 6.92 Å². The van der Waals surface area contributed by atoms with Crippen molar-refractivity contribution in [1.82, 2.24) is 0 Å². The highest BCUT2D eigenvalue weighted by Gasteiger charge is 2.26. The first-order valence-electron chi connectivity index (χ1n) is 4.79. The van der Waals surface area contributed by atoms with Crippen LogP contribution >= 0.6 is 11.6 Å². The average molecular weight is 228 g/mol. The van der Waals surface area contributed by atoms with Crippen molar-refractivity contribution in [2.24, 2.45) is 0 Å². The molecule has 0 aliphatic carbocycles. The number of carbonyl (C=O) groups excluding carboxylic acids is 1. The van der Waals surface area contributed by atoms with Crippen LogP contribution in [0.2, 0.25) is 0 Å². The molecule has 0 saturated heterocycles. The summed E-state index contributed by atoms with van der Waals surface area (Å²) in [6, 6.07) is 2.93. The Balaban J connectivity index is 2.46. The maximum atomic E-state index is 13.1. The summed E-state index contributed by atoms with van der Waals surface area (Å²) in [6.07, 6.45) is 0.705. The average Bonchev–Trinajstić information content (AvgIpc) is 2.60. The lowest BCUT2D eigenvalue weighted by Gasteiger charge is -2.17. The second kappa shape index (κ2) is 3.81. The number of hydrogen-bond acceptors (Lipinski definition) is 1. The number of halogens is 2. The molecule has 1 aromatic carbocycles. The van der Waals surface area contributed by atoms with Crippen molar-refractivity contribution in [2.45, 2.75) is 13.3 Å². The maximum absolute atomic E-state index is 13.1. The van der Waals surface area contributed by atoms with Gasteiger partial charge in [0.25, 0.3) is 0 Å². The highest BCUT2D eigenvalue weighted by Crippen LogP contribution is 2.32. The summed E-state index contributed by atoms with van der Waals surface area (Å²) in [5, 5.41) is 0. The Labute approximate surface area is 92.6 Å². The van der Waals surface area contributed by atoms with E-state index in [9.17, 15) is 9.18 Å². The molecule has 1 aromatic rings. The van der Waals surface area contributed by atoms with E-state index in [-0.39, 0.29) is 17.6 Å². The van der Waals surface area contributed by atoms with E-state index in [1.54, 1.807) is 4.90 Å². The minimum atomic E-state index is -0.244. The van der Waals surface area contributed by atoms with Crippen molar-refractivity contribution in [3.05, 3.63) is 29.1 Å². The third kappa shape index (κ3) is 1.72. The molecule has 1 aliphatic heterocycles. The van der Waals surface area contributed by atoms with Gasteiger partial charge in [-0.15, -0.1) is 11.6 Å². The number of hydrogen-bond donors (Lipinski definition) is 0. The van der Waals surface area contributed by atoms with Crippen LogP contribution in [0.15, 0.2) is 12.1 Å². The predicted molar refractivity (Wildman–Crippen MR) is 57.9 cm³/mol. The molecule has 1 amide bonds. The van der Waals surface area contributed by atoms with Gasteiger partial charge in [0.2, 0.25) is 5.91 Å². The number of anilines is 1. The molecule has 80 valence electrons. The number of aryl methyl sites for hydroxylation is 1. The largest absolute Gasteiger partial charge is 0.311 e. The molecule has 1 aliphatic rings. The number of alkyl halides is 1. The molecule has 0 fully saturated rings. The predicted octanol–water partition coefficient (Wildman–Crippen LogP) is 2.26. The van der Waals surface area contributed by atoms with Gasteiger partial charge in [0.1, 0.15) is 11.7 Å². The topological polar surface area (TPSA) is 20.3 Å². The van der Waals surface area contributed by atoms with Gasteiger partial charge in [-0.25, -0.2) is 4.39 Å². The molecule has 4 heteroatoms. The van der Waals surface area contributed by atoms with Crippen molar-refractivity contribution in [3.63, 3.8) is 0 Å². The number of nitrogens with zero attached hydrogens (tertiary/aromatic N) is 1. The molecule has 15 heavy (non-hydrogen) atoms. The Kier molecular flexibility index (Phi) is 2.65. The fourth-order valence-electron chi connectivity index (χ4n) is 2.05. The van der Waals surface area contributed by atoms with E-state index in [1.165, 1.54) is 12.1 Å². The standard InChI is InChI=1S/C11H11ClFNO/c1-7-4-9(13)5-8-2-3-14(11(7)8)10(15)6-12/h4-5H,2-3,6H2,1H3. The summed E-state index contributed by atoms with van der Waals surface area (Å²) in [6.45, 7) is 2.41. The summed E-state index contributed by atoms with van der Waals surface area (Å²) in [7, 11) is 0. The number of benzene rings is 1. The summed E-state index contributed by atoms with van der Waals surface area (Å²) in [4.78, 5) is 13.2. The normalized spacial score (nSPS) is 14.2. The molecular formula is C11H11ClFNO. The SMILES string of the molecule is Cc1cc(F)cc2c1N(C(=O)CCl)CC2. The highest BCUT2D eigenvalue weighted by atomic mass is 35.5. The van der Waals surface area contributed by atoms with Gasteiger partial charge in [0.05, 0.1) is 5.69 Å². The van der Waals surface area contributed by atoms with Crippen molar-refractivity contribution < 1.29 is 9.18 Å². The van der Waals surface area contributed by atoms with Crippen LogP contribution in [0.25, 0.3) is 0 Å². The lowest BCUT2D eigenvalue weighted by molar-refractivity contribution is -0.116. The molecule has 1 heterocycles. The van der Waals surface area contributed by atoms with Crippen LogP contribution in [0.3, 0.4) is 0 Å². The van der Waals surface area contributed by atoms with Gasteiger partial charge in [-0.1, -0.05) is 0 Å². The van der Waals surface area contributed by atoms with Crippen LogP contribution < -0.4 is 4.90 Å². The Morgan fingerprint density at radius 3 is 3.00 bits per heavy atom. The van der Waals surface area contributed by atoms with Crippen LogP contribution in [-0.2, 0) is 11.2 Å². The Bertz CT molecular complexity index is 419. The van der Waals surface area contributed by atoms with Gasteiger partial charge < -0.3 is 4.90 Å². The zero-order valence-electron chi connectivity index (χ0n) is 8.39. The van der Waals surface area contributed by atoms with E-state index in [0.717, 1.165) is 16.8 Å². The lowest BCUT2D eigenvalue weighted by atomic mass is 10.1. The van der Waals surface area contributed by atoms with Gasteiger partial charge in [-0.3, -0.25) is 4.79 Å². The Morgan fingerprint density at radius 2 is 2.33 bits per heavy atom. The van der Waals surface area contributed by atoms with Crippen molar-refractivity contribution in [1.29, 1.82) is 0 Å². The van der Waals surface area contributed by atoms with Crippen molar-refractivity contribution in [2.75, 3.05) is 17.3 Å². The number of rotatable bonds is 1. The maximum Gasteiger partial charge on any atom is 0.241 e. The van der Waals surface area contributed by atoms with Crippen LogP contribution in [0.4, 0.5) is 10.1 Å². The van der Waals surface area contributed by atoms with E-state index in [2.05, 4.69) is 0 Å². The molecule has 0 aromatic heterocycles. The fourth-order valence-corrected chi connectivity index (χ4v) is 2.19. The summed E-state index contributed by atoms with van der Waals surface area (Å²) in [5.41, 5.74) is 2.52. The summed E-state index contributed by atoms with van der Waals surface area (Å²) < 4.78 is 13.1. The molecule has 0 bridgehead atoms. The van der Waals surface area contributed by atoms with Gasteiger partial charge in [0.15, 0.2) is 0 Å². The third-order valence-electron chi connectivity index (χ3n) is 2.63. The smallest absolute Gasteiger partial charge is 0.241 e. The fraction of sp³-hybridized carbons (Fsp3) is 0.364. The van der Waals surface area contributed by atoms with E-state index in [4.69, 9.17) is 11.6 Å². The Hall–Kier alpha value is -1.09. The quantitative estimate of drug-likeness (QED) is 0.674. The van der Waals surface area contributed by atoms with Crippen molar-refractivity contribution >= 4 is 23.2 Å². The minimum absolute atomic E-state index is 0.0315. The first kappa shape index (κ1) is 10.4. The first-order chi connectivity index (χ1) is 7.13. The molecule has 2 rings (SSSR count). The van der Waals surface area contributed by atoms with Crippen LogP contribution in [0, 0.1) is 12.7 Å². The lowest BCUT2D eigenvalue weighted by Crippen LogP contribution is -2.30. The molecule has 0 radical (unpaired) electrons. The second-order valence-corrected chi connectivity index (χ2v) is 3.93. The molecule has 0 atom stereocenters. The zero-order valence-corrected chi connectivity index (χ0v) is 9.14. The van der Waals surface area contributed by atoms with Gasteiger partial charge in [-0.2, -0.15) is 0 Å². The van der Waals surface area contributed by atoms with Gasteiger partial charge >= 0.3 is 0 Å². The number of amides is 1. The number of fused-ring (bicyclic) bond motifs is 1. The Morgan fingerprint density at radius 1 is 1.60 bits per heavy atom. The summed E-state index contributed by atoms with van der Waals surface area (Å²) in [5.74, 6) is -0.396. The molecule has 0 saturated carbocycles. The van der Waals surface area contributed by atoms with E-state index >= 15 is 0 Å². The molecule has 0 N–H and O–H groups in total. The number of carbonyl (C=O) groups is 1. The van der Waals surface area contributed by atoms with Crippen LogP contribution in [0.5, 0.6) is 0 Å². The van der Waals surface area contributed by atoms with E-state index in [0.29, 0.717) is 13.0 Å². The molecular weight excluding hydrogens is 217 g/mol. The van der Waals surface area contributed by atoms with Crippen LogP contribution in [-0.4, -0.2) is 18.3 Å². The monoisotopic (exact) mass is 227 g/mol. The third-order valence-corrected chi connectivity index (χ3v) is 2.86. The van der Waals surface area contributed by atoms with Gasteiger partial charge in [0, 0.05) is 6.54 Å². The molecule has 0 spiro atoms. The summed E-state index contributed by atoms with van der Waals surface area (Å²) >= 11 is 5.52. The zero-order chi connectivity index (χ0) is 11.0. The molecule has 0 unspecified atom stereocenters. The molecule has 2 nitrogen and oxygen atoms in total. The van der Waals surface area contributed by atoms with E-state index < -0.39 is 0 Å². The minimum Gasteiger partial charge on any atom is -0.311 e. The second-order valence-electron chi connectivity index (χ2n) is 3.66. The van der Waals surface area contributed by atoms with Crippen LogP contribution in [0.1, 0.15) is 11.1 Å². The van der Waals surface area contributed by atoms with Gasteiger partial charge in [-0.05, 0) is 36.6 Å². The highest BCUT2D eigenvalue weighted by molar-refractivity contribution is 6.29. The first-order valence-corrected chi connectivity index (χ1v) is 5.32. The van der Waals surface area contributed by atoms with Crippen molar-refractivity contribution in [3.8, 4) is 0 Å².